The molecule has 1 aliphatic rings. The monoisotopic (exact) mass is 302 g/mol. The van der Waals surface area contributed by atoms with E-state index in [1.807, 2.05) is 6.07 Å². The first-order chi connectivity index (χ1) is 10.7. The first-order valence-electron chi connectivity index (χ1n) is 7.31. The van der Waals surface area contributed by atoms with Crippen molar-refractivity contribution in [3.63, 3.8) is 0 Å². The van der Waals surface area contributed by atoms with Gasteiger partial charge in [0.25, 0.3) is 0 Å². The highest BCUT2D eigenvalue weighted by molar-refractivity contribution is 5.90. The van der Waals surface area contributed by atoms with Crippen LogP contribution in [-0.4, -0.2) is 35.5 Å². The first-order valence-corrected chi connectivity index (χ1v) is 7.31. The zero-order valence-electron chi connectivity index (χ0n) is 12.6. The second kappa shape index (κ2) is 6.27. The van der Waals surface area contributed by atoms with Crippen LogP contribution in [0.4, 0.5) is 0 Å². The molecule has 1 heterocycles. The van der Waals surface area contributed by atoms with Gasteiger partial charge in [-0.2, -0.15) is 0 Å². The van der Waals surface area contributed by atoms with E-state index in [0.717, 1.165) is 19.3 Å². The van der Waals surface area contributed by atoms with Gasteiger partial charge < -0.3 is 13.9 Å². The number of rotatable bonds is 4. The Morgan fingerprint density at radius 2 is 2.09 bits per heavy atom. The van der Waals surface area contributed by atoms with Crippen molar-refractivity contribution < 1.29 is 18.7 Å². The molecule has 1 aromatic carbocycles. The summed E-state index contributed by atoms with van der Waals surface area (Å²) in [6, 6.07) is 7.00. The van der Waals surface area contributed by atoms with E-state index in [2.05, 4.69) is 10.2 Å². The summed E-state index contributed by atoms with van der Waals surface area (Å²) in [5, 5.41) is 7.75. The van der Waals surface area contributed by atoms with Crippen molar-refractivity contribution in [1.82, 2.24) is 10.2 Å². The van der Waals surface area contributed by atoms with Crippen molar-refractivity contribution >= 4 is 5.97 Å². The standard InChI is InChI=1S/C16H18N2O4/c1-10-17-18-15(21-10)11-5-3-6-12(9-11)16(19)22-14-8-4-7-13(14)20-2/h3,5-6,9,13-14H,4,7-8H2,1-2H3/t13-,14+/m1/s1. The average Bonchev–Trinajstić information content (AvgIpc) is 3.16. The van der Waals surface area contributed by atoms with Gasteiger partial charge in [0.2, 0.25) is 11.8 Å². The highest BCUT2D eigenvalue weighted by atomic mass is 16.6. The van der Waals surface area contributed by atoms with Gasteiger partial charge in [-0.05, 0) is 37.5 Å². The van der Waals surface area contributed by atoms with E-state index in [1.54, 1.807) is 32.2 Å². The molecule has 0 bridgehead atoms. The summed E-state index contributed by atoms with van der Waals surface area (Å²) < 4.78 is 16.3. The maximum Gasteiger partial charge on any atom is 0.338 e. The smallest absolute Gasteiger partial charge is 0.338 e. The van der Waals surface area contributed by atoms with Gasteiger partial charge in [0.1, 0.15) is 6.10 Å². The van der Waals surface area contributed by atoms with Crippen LogP contribution in [-0.2, 0) is 9.47 Å². The van der Waals surface area contributed by atoms with Crippen LogP contribution in [0.2, 0.25) is 0 Å². The number of aryl methyl sites for hydroxylation is 1. The number of hydrogen-bond donors (Lipinski definition) is 0. The summed E-state index contributed by atoms with van der Waals surface area (Å²) in [4.78, 5) is 12.3. The third-order valence-electron chi connectivity index (χ3n) is 3.82. The number of carbonyl (C=O) groups is 1. The Kier molecular flexibility index (Phi) is 4.20. The molecule has 22 heavy (non-hydrogen) atoms. The van der Waals surface area contributed by atoms with Gasteiger partial charge >= 0.3 is 5.97 Å². The molecule has 0 N–H and O–H groups in total. The zero-order valence-corrected chi connectivity index (χ0v) is 12.6. The van der Waals surface area contributed by atoms with Crippen LogP contribution >= 0.6 is 0 Å². The molecule has 1 fully saturated rings. The lowest BCUT2D eigenvalue weighted by Gasteiger charge is -2.18. The highest BCUT2D eigenvalue weighted by Gasteiger charge is 2.30. The Morgan fingerprint density at radius 3 is 2.82 bits per heavy atom. The fourth-order valence-electron chi connectivity index (χ4n) is 2.69. The Hall–Kier alpha value is -2.21. The van der Waals surface area contributed by atoms with E-state index in [9.17, 15) is 4.79 Å². The second-order valence-corrected chi connectivity index (χ2v) is 5.36. The van der Waals surface area contributed by atoms with Crippen LogP contribution in [0.5, 0.6) is 0 Å². The van der Waals surface area contributed by atoms with E-state index >= 15 is 0 Å². The number of ether oxygens (including phenoxy) is 2. The van der Waals surface area contributed by atoms with E-state index in [-0.39, 0.29) is 18.2 Å². The van der Waals surface area contributed by atoms with Gasteiger partial charge in [0, 0.05) is 19.6 Å². The molecule has 6 heteroatoms. The summed E-state index contributed by atoms with van der Waals surface area (Å²) in [7, 11) is 1.65. The predicted octanol–water partition coefficient (Wildman–Crippen LogP) is 2.77. The van der Waals surface area contributed by atoms with Crippen molar-refractivity contribution in [2.75, 3.05) is 7.11 Å². The van der Waals surface area contributed by atoms with Crippen molar-refractivity contribution in [2.24, 2.45) is 0 Å². The molecule has 116 valence electrons. The molecule has 0 amide bonds. The number of hydrogen-bond acceptors (Lipinski definition) is 6. The average molecular weight is 302 g/mol. The summed E-state index contributed by atoms with van der Waals surface area (Å²) in [5.74, 6) is 0.520. The van der Waals surface area contributed by atoms with Crippen molar-refractivity contribution in [3.05, 3.63) is 35.7 Å². The maximum absolute atomic E-state index is 12.3. The van der Waals surface area contributed by atoms with Crippen LogP contribution in [0.25, 0.3) is 11.5 Å². The van der Waals surface area contributed by atoms with E-state index in [1.165, 1.54) is 0 Å². The molecule has 0 unspecified atom stereocenters. The number of nitrogens with zero attached hydrogens (tertiary/aromatic N) is 2. The van der Waals surface area contributed by atoms with E-state index < -0.39 is 0 Å². The third kappa shape index (κ3) is 3.01. The second-order valence-electron chi connectivity index (χ2n) is 5.36. The lowest BCUT2D eigenvalue weighted by molar-refractivity contribution is -0.0206. The third-order valence-corrected chi connectivity index (χ3v) is 3.82. The van der Waals surface area contributed by atoms with Crippen molar-refractivity contribution in [2.45, 2.75) is 38.4 Å². The van der Waals surface area contributed by atoms with Crippen LogP contribution in [0.3, 0.4) is 0 Å². The minimum absolute atomic E-state index is 0.00859. The Bertz CT molecular complexity index is 668. The Labute approximate surface area is 128 Å². The fraction of sp³-hybridized carbons (Fsp3) is 0.438. The van der Waals surface area contributed by atoms with Gasteiger partial charge in [-0.3, -0.25) is 0 Å². The molecule has 2 aromatic rings. The van der Waals surface area contributed by atoms with Crippen LogP contribution in [0, 0.1) is 6.92 Å². The molecule has 1 saturated carbocycles. The predicted molar refractivity (Wildman–Crippen MR) is 78.3 cm³/mol. The highest BCUT2D eigenvalue weighted by Crippen LogP contribution is 2.26. The van der Waals surface area contributed by atoms with Gasteiger partial charge in [0.05, 0.1) is 11.7 Å². The molecule has 2 atom stereocenters. The van der Waals surface area contributed by atoms with Gasteiger partial charge in [-0.15, -0.1) is 10.2 Å². The van der Waals surface area contributed by atoms with Gasteiger partial charge in [-0.1, -0.05) is 6.07 Å². The van der Waals surface area contributed by atoms with Crippen LogP contribution in [0.15, 0.2) is 28.7 Å². The zero-order chi connectivity index (χ0) is 15.5. The molecule has 6 nitrogen and oxygen atoms in total. The molecule has 1 aliphatic carbocycles. The molecular weight excluding hydrogens is 284 g/mol. The Balaban J connectivity index is 1.75. The lowest BCUT2D eigenvalue weighted by Crippen LogP contribution is -2.27. The minimum Gasteiger partial charge on any atom is -0.456 e. The number of esters is 1. The first kappa shape index (κ1) is 14.7. The summed E-state index contributed by atoms with van der Waals surface area (Å²) in [6.45, 7) is 1.72. The number of benzene rings is 1. The van der Waals surface area contributed by atoms with Crippen molar-refractivity contribution in [1.29, 1.82) is 0 Å². The largest absolute Gasteiger partial charge is 0.456 e. The molecule has 0 radical (unpaired) electrons. The topological polar surface area (TPSA) is 74.5 Å². The molecule has 3 rings (SSSR count). The number of aromatic nitrogens is 2. The quantitative estimate of drug-likeness (QED) is 0.808. The fourth-order valence-corrected chi connectivity index (χ4v) is 2.69. The lowest BCUT2D eigenvalue weighted by atomic mass is 10.1. The van der Waals surface area contributed by atoms with E-state index in [0.29, 0.717) is 22.9 Å². The SMILES string of the molecule is CO[C@@H]1CCC[C@@H]1OC(=O)c1cccc(-c2nnc(C)o2)c1. The normalized spacial score (nSPS) is 21.0. The summed E-state index contributed by atoms with van der Waals surface area (Å²) in [5.41, 5.74) is 1.17. The molecule has 0 saturated heterocycles. The molecule has 1 aromatic heterocycles. The minimum atomic E-state index is -0.355. The van der Waals surface area contributed by atoms with Gasteiger partial charge in [-0.25, -0.2) is 4.79 Å². The van der Waals surface area contributed by atoms with Crippen LogP contribution < -0.4 is 0 Å². The molecule has 0 spiro atoms. The number of methoxy groups -OCH3 is 1. The maximum atomic E-state index is 12.3. The number of carbonyl (C=O) groups excluding carboxylic acids is 1. The van der Waals surface area contributed by atoms with Crippen molar-refractivity contribution in [3.8, 4) is 11.5 Å². The van der Waals surface area contributed by atoms with Gasteiger partial charge in [0.15, 0.2) is 0 Å². The van der Waals surface area contributed by atoms with E-state index in [4.69, 9.17) is 13.9 Å². The van der Waals surface area contributed by atoms with Crippen LogP contribution in [0.1, 0.15) is 35.5 Å². The molecular formula is C16H18N2O4. The Morgan fingerprint density at radius 1 is 1.27 bits per heavy atom. The molecule has 0 aliphatic heterocycles. The summed E-state index contributed by atoms with van der Waals surface area (Å²) in [6.07, 6.45) is 2.60. The summed E-state index contributed by atoms with van der Waals surface area (Å²) >= 11 is 0.